The van der Waals surface area contributed by atoms with E-state index in [1.165, 1.54) is 25.3 Å². The minimum Gasteiger partial charge on any atom is -0.493 e. The van der Waals surface area contributed by atoms with E-state index in [1.807, 2.05) is 24.3 Å². The number of methoxy groups -OCH3 is 1. The number of non-ortho nitro benzene ring substituents is 1. The lowest BCUT2D eigenvalue weighted by molar-refractivity contribution is -0.384. The van der Waals surface area contributed by atoms with Crippen molar-refractivity contribution in [3.8, 4) is 5.75 Å². The van der Waals surface area contributed by atoms with E-state index in [4.69, 9.17) is 14.9 Å². The molecule has 2 aromatic carbocycles. The molecule has 1 amide bonds. The average molecular weight is 364 g/mol. The number of amides is 1. The fraction of sp³-hybridized carbons (Fsp3) is 0.150. The second-order valence-electron chi connectivity index (χ2n) is 6.31. The van der Waals surface area contributed by atoms with Crippen molar-refractivity contribution < 1.29 is 18.9 Å². The van der Waals surface area contributed by atoms with Gasteiger partial charge in [-0.25, -0.2) is 0 Å². The summed E-state index contributed by atoms with van der Waals surface area (Å²) in [5, 5.41) is 12.1. The van der Waals surface area contributed by atoms with Crippen molar-refractivity contribution in [1.82, 2.24) is 0 Å². The standard InChI is InChI=1S/C20H16N2O5/c1-26-16-10-13(11-5-3-2-4-6-11)18(20(21)23)17-14-9-12(22(24)25)7-8-15(14)27-19(16)17/h2-5,7-11H,6H2,1H3,(H2,21,23). The summed E-state index contributed by atoms with van der Waals surface area (Å²) in [6, 6.07) is 6.03. The number of rotatable bonds is 4. The highest BCUT2D eigenvalue weighted by atomic mass is 16.6. The molecular weight excluding hydrogens is 348 g/mol. The highest BCUT2D eigenvalue weighted by molar-refractivity contribution is 6.18. The normalized spacial score (nSPS) is 16.1. The number of nitrogens with two attached hydrogens (primary N) is 1. The van der Waals surface area contributed by atoms with Crippen LogP contribution in [0.25, 0.3) is 21.9 Å². The second kappa shape index (κ2) is 6.28. The first-order chi connectivity index (χ1) is 13.0. The molecule has 136 valence electrons. The zero-order valence-electron chi connectivity index (χ0n) is 14.5. The number of furan rings is 1. The molecule has 7 heteroatoms. The van der Waals surface area contributed by atoms with Crippen LogP contribution >= 0.6 is 0 Å². The van der Waals surface area contributed by atoms with Crippen molar-refractivity contribution in [2.24, 2.45) is 5.73 Å². The Labute approximate surface area is 153 Å². The van der Waals surface area contributed by atoms with Crippen molar-refractivity contribution in [2.75, 3.05) is 7.11 Å². The fourth-order valence-electron chi connectivity index (χ4n) is 3.56. The van der Waals surface area contributed by atoms with Crippen molar-refractivity contribution in [2.45, 2.75) is 12.3 Å². The number of primary amides is 1. The van der Waals surface area contributed by atoms with E-state index in [0.717, 1.165) is 0 Å². The molecule has 4 rings (SSSR count). The summed E-state index contributed by atoms with van der Waals surface area (Å²) in [5.41, 5.74) is 7.42. The third-order valence-electron chi connectivity index (χ3n) is 4.78. The van der Waals surface area contributed by atoms with Gasteiger partial charge in [0.1, 0.15) is 5.58 Å². The third kappa shape index (κ3) is 2.64. The molecule has 0 saturated carbocycles. The van der Waals surface area contributed by atoms with Gasteiger partial charge in [-0.2, -0.15) is 0 Å². The van der Waals surface area contributed by atoms with Crippen LogP contribution in [0.2, 0.25) is 0 Å². The Balaban J connectivity index is 2.14. The summed E-state index contributed by atoms with van der Waals surface area (Å²) in [7, 11) is 1.51. The molecule has 3 aromatic rings. The topological polar surface area (TPSA) is 109 Å². The van der Waals surface area contributed by atoms with Gasteiger partial charge in [0, 0.05) is 28.8 Å². The monoisotopic (exact) mass is 364 g/mol. The molecule has 0 saturated heterocycles. The number of hydrogen-bond acceptors (Lipinski definition) is 5. The van der Waals surface area contributed by atoms with Crippen molar-refractivity contribution in [3.63, 3.8) is 0 Å². The zero-order valence-corrected chi connectivity index (χ0v) is 14.5. The summed E-state index contributed by atoms with van der Waals surface area (Å²) in [5.74, 6) is -0.221. The van der Waals surface area contributed by atoms with Crippen molar-refractivity contribution in [3.05, 3.63) is 69.8 Å². The minimum atomic E-state index is -0.616. The first-order valence-electron chi connectivity index (χ1n) is 8.36. The van der Waals surface area contributed by atoms with Crippen LogP contribution in [0.1, 0.15) is 28.3 Å². The number of carbonyl (C=O) groups excluding carboxylic acids is 1. The zero-order chi connectivity index (χ0) is 19.1. The van der Waals surface area contributed by atoms with E-state index < -0.39 is 10.8 Å². The molecule has 0 fully saturated rings. The van der Waals surface area contributed by atoms with E-state index in [0.29, 0.717) is 45.2 Å². The number of hydrogen-bond donors (Lipinski definition) is 1. The van der Waals surface area contributed by atoms with Crippen LogP contribution in [-0.4, -0.2) is 17.9 Å². The number of ether oxygens (including phenoxy) is 1. The largest absolute Gasteiger partial charge is 0.493 e. The quantitative estimate of drug-likeness (QED) is 0.551. The minimum absolute atomic E-state index is 0.0561. The predicted octanol–water partition coefficient (Wildman–Crippen LogP) is 4.20. The Bertz CT molecular complexity index is 1160. The highest BCUT2D eigenvalue weighted by Gasteiger charge is 2.26. The van der Waals surface area contributed by atoms with Gasteiger partial charge in [-0.3, -0.25) is 14.9 Å². The highest BCUT2D eigenvalue weighted by Crippen LogP contribution is 2.43. The fourth-order valence-corrected chi connectivity index (χ4v) is 3.56. The molecule has 0 bridgehead atoms. The number of nitro benzene ring substituents is 1. The Hall–Kier alpha value is -3.61. The van der Waals surface area contributed by atoms with Crippen LogP contribution in [0.3, 0.4) is 0 Å². The van der Waals surface area contributed by atoms with Crippen LogP contribution in [0, 0.1) is 10.1 Å². The number of carbonyl (C=O) groups is 1. The van der Waals surface area contributed by atoms with Crippen molar-refractivity contribution >= 4 is 33.5 Å². The maximum Gasteiger partial charge on any atom is 0.270 e. The van der Waals surface area contributed by atoms with Gasteiger partial charge in [0.2, 0.25) is 5.91 Å². The molecule has 0 spiro atoms. The second-order valence-corrected chi connectivity index (χ2v) is 6.31. The lowest BCUT2D eigenvalue weighted by atomic mass is 9.86. The molecule has 7 nitrogen and oxygen atoms in total. The summed E-state index contributed by atoms with van der Waals surface area (Å²) in [6.07, 6.45) is 8.55. The van der Waals surface area contributed by atoms with Gasteiger partial charge in [-0.1, -0.05) is 24.3 Å². The van der Waals surface area contributed by atoms with Gasteiger partial charge in [0.05, 0.1) is 17.6 Å². The van der Waals surface area contributed by atoms with Crippen LogP contribution in [0.5, 0.6) is 5.75 Å². The first kappa shape index (κ1) is 16.8. The maximum absolute atomic E-state index is 12.4. The number of fused-ring (bicyclic) bond motifs is 3. The molecule has 1 aliphatic carbocycles. The molecule has 2 N–H and O–H groups in total. The summed E-state index contributed by atoms with van der Waals surface area (Å²) < 4.78 is 11.3. The average Bonchev–Trinajstić information content (AvgIpc) is 3.05. The van der Waals surface area contributed by atoms with Crippen LogP contribution in [0.4, 0.5) is 5.69 Å². The maximum atomic E-state index is 12.4. The molecule has 0 radical (unpaired) electrons. The van der Waals surface area contributed by atoms with Gasteiger partial charge < -0.3 is 14.9 Å². The Morgan fingerprint density at radius 1 is 1.33 bits per heavy atom. The molecule has 1 heterocycles. The smallest absolute Gasteiger partial charge is 0.270 e. The summed E-state index contributed by atoms with van der Waals surface area (Å²) in [6.45, 7) is 0. The number of nitrogens with zero attached hydrogens (tertiary/aromatic N) is 1. The van der Waals surface area contributed by atoms with Crippen LogP contribution in [0.15, 0.2) is 53.0 Å². The van der Waals surface area contributed by atoms with E-state index in [-0.39, 0.29) is 11.6 Å². The number of allylic oxidation sites excluding steroid dienone is 4. The molecule has 0 aliphatic heterocycles. The predicted molar refractivity (Wildman–Crippen MR) is 101 cm³/mol. The van der Waals surface area contributed by atoms with Crippen molar-refractivity contribution in [1.29, 1.82) is 0 Å². The van der Waals surface area contributed by atoms with E-state index in [2.05, 4.69) is 0 Å². The van der Waals surface area contributed by atoms with E-state index in [9.17, 15) is 14.9 Å². The molecule has 1 aromatic heterocycles. The summed E-state index contributed by atoms with van der Waals surface area (Å²) in [4.78, 5) is 23.1. The van der Waals surface area contributed by atoms with Gasteiger partial charge in [0.15, 0.2) is 11.3 Å². The lowest BCUT2D eigenvalue weighted by Crippen LogP contribution is -2.16. The molecule has 1 aliphatic rings. The Morgan fingerprint density at radius 2 is 2.15 bits per heavy atom. The lowest BCUT2D eigenvalue weighted by Gasteiger charge is -2.18. The van der Waals surface area contributed by atoms with E-state index in [1.54, 1.807) is 6.07 Å². The number of benzene rings is 2. The van der Waals surface area contributed by atoms with Gasteiger partial charge >= 0.3 is 0 Å². The summed E-state index contributed by atoms with van der Waals surface area (Å²) >= 11 is 0. The van der Waals surface area contributed by atoms with Crippen LogP contribution < -0.4 is 10.5 Å². The Kier molecular flexibility index (Phi) is 3.92. The van der Waals surface area contributed by atoms with Crippen LogP contribution in [-0.2, 0) is 0 Å². The van der Waals surface area contributed by atoms with Gasteiger partial charge in [-0.15, -0.1) is 0 Å². The molecule has 1 unspecified atom stereocenters. The molecule has 27 heavy (non-hydrogen) atoms. The molecule has 1 atom stereocenters. The SMILES string of the molecule is COc1cc(C2C=CC=CC2)c(C(N)=O)c2c1oc1ccc([N+](=O)[O-])cc12. The first-order valence-corrected chi connectivity index (χ1v) is 8.36. The Morgan fingerprint density at radius 3 is 2.78 bits per heavy atom. The number of nitro groups is 1. The van der Waals surface area contributed by atoms with E-state index >= 15 is 0 Å². The molecular formula is C20H16N2O5. The van der Waals surface area contributed by atoms with Gasteiger partial charge in [-0.05, 0) is 24.1 Å². The van der Waals surface area contributed by atoms with Gasteiger partial charge in [0.25, 0.3) is 5.69 Å². The third-order valence-corrected chi connectivity index (χ3v) is 4.78.